The van der Waals surface area contributed by atoms with E-state index in [1.165, 1.54) is 16.6 Å². The summed E-state index contributed by atoms with van der Waals surface area (Å²) < 4.78 is 1.49. The first-order valence-electron chi connectivity index (χ1n) is 6.11. The van der Waals surface area contributed by atoms with Crippen molar-refractivity contribution in [2.45, 2.75) is 18.9 Å². The molecule has 0 aliphatic carbocycles. The van der Waals surface area contributed by atoms with E-state index in [1.54, 1.807) is 7.05 Å². The topological polar surface area (TPSA) is 85.8 Å². The van der Waals surface area contributed by atoms with Gasteiger partial charge in [0, 0.05) is 7.05 Å². The fraction of sp³-hybridized carbons (Fsp3) is 0.308. The standard InChI is InChI=1S/C13H17N5O/c1-18-13(15-9-16-18)17-12(19)11(14)8-7-10-5-3-2-4-6-10/h2-6,9,11H,7-8,14H2,1H3,(H,15,16,17,19). The van der Waals surface area contributed by atoms with Crippen LogP contribution in [0.1, 0.15) is 12.0 Å². The van der Waals surface area contributed by atoms with Crippen molar-refractivity contribution in [3.8, 4) is 0 Å². The van der Waals surface area contributed by atoms with E-state index in [0.717, 1.165) is 6.42 Å². The number of nitrogens with two attached hydrogens (primary N) is 1. The number of nitrogens with one attached hydrogen (secondary N) is 1. The summed E-state index contributed by atoms with van der Waals surface area (Å²) in [5, 5.41) is 6.52. The zero-order valence-electron chi connectivity index (χ0n) is 10.8. The number of anilines is 1. The highest BCUT2D eigenvalue weighted by Gasteiger charge is 2.15. The van der Waals surface area contributed by atoms with Crippen LogP contribution in [0.15, 0.2) is 36.7 Å². The molecule has 0 spiro atoms. The van der Waals surface area contributed by atoms with Crippen molar-refractivity contribution in [2.75, 3.05) is 5.32 Å². The fourth-order valence-corrected chi connectivity index (χ4v) is 1.71. The van der Waals surface area contributed by atoms with Gasteiger partial charge in [-0.2, -0.15) is 10.1 Å². The van der Waals surface area contributed by atoms with Gasteiger partial charge in [0.25, 0.3) is 0 Å². The number of benzene rings is 1. The summed E-state index contributed by atoms with van der Waals surface area (Å²) >= 11 is 0. The summed E-state index contributed by atoms with van der Waals surface area (Å²) in [4.78, 5) is 15.8. The first-order valence-corrected chi connectivity index (χ1v) is 6.11. The number of hydrogen-bond donors (Lipinski definition) is 2. The second kappa shape index (κ2) is 6.10. The van der Waals surface area contributed by atoms with Gasteiger partial charge in [-0.05, 0) is 18.4 Å². The van der Waals surface area contributed by atoms with Crippen LogP contribution < -0.4 is 11.1 Å². The molecule has 1 amide bonds. The Morgan fingerprint density at radius 2 is 2.16 bits per heavy atom. The molecule has 0 saturated carbocycles. The first kappa shape index (κ1) is 13.2. The molecule has 3 N–H and O–H groups in total. The van der Waals surface area contributed by atoms with E-state index in [2.05, 4.69) is 15.4 Å². The van der Waals surface area contributed by atoms with E-state index in [9.17, 15) is 4.79 Å². The summed E-state index contributed by atoms with van der Waals surface area (Å²) in [5.41, 5.74) is 7.03. The molecule has 6 heteroatoms. The minimum absolute atomic E-state index is 0.243. The van der Waals surface area contributed by atoms with Gasteiger partial charge < -0.3 is 5.73 Å². The van der Waals surface area contributed by atoms with Crippen LogP contribution in [-0.2, 0) is 18.3 Å². The number of carbonyl (C=O) groups excluding carboxylic acids is 1. The predicted molar refractivity (Wildman–Crippen MR) is 72.4 cm³/mol. The molecule has 0 saturated heterocycles. The Hall–Kier alpha value is -2.21. The molecule has 1 aromatic heterocycles. The largest absolute Gasteiger partial charge is 0.320 e. The molecule has 100 valence electrons. The molecule has 2 aromatic rings. The zero-order valence-corrected chi connectivity index (χ0v) is 10.8. The molecule has 1 heterocycles. The Kier molecular flexibility index (Phi) is 4.25. The number of rotatable bonds is 5. The first-order chi connectivity index (χ1) is 9.16. The normalized spacial score (nSPS) is 12.1. The lowest BCUT2D eigenvalue weighted by atomic mass is 10.1. The van der Waals surface area contributed by atoms with Crippen molar-refractivity contribution in [3.05, 3.63) is 42.2 Å². The van der Waals surface area contributed by atoms with E-state index in [-0.39, 0.29) is 5.91 Å². The molecule has 0 fully saturated rings. The molecule has 0 radical (unpaired) electrons. The van der Waals surface area contributed by atoms with Gasteiger partial charge in [-0.15, -0.1) is 0 Å². The number of nitrogens with zero attached hydrogens (tertiary/aromatic N) is 3. The lowest BCUT2D eigenvalue weighted by Crippen LogP contribution is -2.36. The summed E-state index contributed by atoms with van der Waals surface area (Å²) in [6.45, 7) is 0. The van der Waals surface area contributed by atoms with Crippen molar-refractivity contribution in [1.29, 1.82) is 0 Å². The number of aromatic nitrogens is 3. The van der Waals surface area contributed by atoms with Gasteiger partial charge >= 0.3 is 0 Å². The van der Waals surface area contributed by atoms with E-state index in [0.29, 0.717) is 12.4 Å². The molecule has 1 aromatic carbocycles. The Labute approximate surface area is 111 Å². The number of amides is 1. The summed E-state index contributed by atoms with van der Waals surface area (Å²) in [5.74, 6) is 0.159. The fourth-order valence-electron chi connectivity index (χ4n) is 1.71. The van der Waals surface area contributed by atoms with E-state index in [1.807, 2.05) is 30.3 Å². The van der Waals surface area contributed by atoms with Crippen LogP contribution in [-0.4, -0.2) is 26.7 Å². The summed E-state index contributed by atoms with van der Waals surface area (Å²) in [6, 6.07) is 9.39. The molecule has 1 atom stereocenters. The third-order valence-electron chi connectivity index (χ3n) is 2.87. The van der Waals surface area contributed by atoms with Crippen molar-refractivity contribution >= 4 is 11.9 Å². The third kappa shape index (κ3) is 3.62. The minimum atomic E-state index is -0.558. The maximum atomic E-state index is 11.9. The van der Waals surface area contributed by atoms with Gasteiger partial charge in [-0.25, -0.2) is 4.68 Å². The molecule has 1 unspecified atom stereocenters. The molecule has 0 aliphatic heterocycles. The number of hydrogen-bond acceptors (Lipinski definition) is 4. The quantitative estimate of drug-likeness (QED) is 0.828. The van der Waals surface area contributed by atoms with Crippen LogP contribution >= 0.6 is 0 Å². The van der Waals surface area contributed by atoms with Gasteiger partial charge in [0.2, 0.25) is 11.9 Å². The maximum Gasteiger partial charge on any atom is 0.243 e. The molecular formula is C13H17N5O. The number of carbonyl (C=O) groups is 1. The Morgan fingerprint density at radius 3 is 2.79 bits per heavy atom. The van der Waals surface area contributed by atoms with Gasteiger partial charge in [-0.1, -0.05) is 30.3 Å². The lowest BCUT2D eigenvalue weighted by Gasteiger charge is -2.11. The van der Waals surface area contributed by atoms with Gasteiger partial charge in [0.15, 0.2) is 0 Å². The van der Waals surface area contributed by atoms with Crippen molar-refractivity contribution in [2.24, 2.45) is 12.8 Å². The highest BCUT2D eigenvalue weighted by atomic mass is 16.2. The van der Waals surface area contributed by atoms with Crippen LogP contribution in [0.3, 0.4) is 0 Å². The average Bonchev–Trinajstić information content (AvgIpc) is 2.82. The highest BCUT2D eigenvalue weighted by molar-refractivity contribution is 5.93. The summed E-state index contributed by atoms with van der Waals surface area (Å²) in [7, 11) is 1.71. The molecular weight excluding hydrogens is 242 g/mol. The van der Waals surface area contributed by atoms with Crippen LogP contribution in [0.4, 0.5) is 5.95 Å². The summed E-state index contributed by atoms with van der Waals surface area (Å²) in [6.07, 6.45) is 2.74. The molecule has 2 rings (SSSR count). The van der Waals surface area contributed by atoms with Crippen LogP contribution in [0, 0.1) is 0 Å². The van der Waals surface area contributed by atoms with Crippen LogP contribution in [0.5, 0.6) is 0 Å². The van der Waals surface area contributed by atoms with Crippen molar-refractivity contribution < 1.29 is 4.79 Å². The third-order valence-corrected chi connectivity index (χ3v) is 2.87. The van der Waals surface area contributed by atoms with Crippen LogP contribution in [0.25, 0.3) is 0 Å². The molecule has 0 bridgehead atoms. The molecule has 19 heavy (non-hydrogen) atoms. The highest BCUT2D eigenvalue weighted by Crippen LogP contribution is 2.06. The average molecular weight is 259 g/mol. The number of aryl methyl sites for hydroxylation is 2. The molecule has 0 aliphatic rings. The lowest BCUT2D eigenvalue weighted by molar-refractivity contribution is -0.117. The Balaban J connectivity index is 1.84. The SMILES string of the molecule is Cn1ncnc1NC(=O)C(N)CCc1ccccc1. The zero-order chi connectivity index (χ0) is 13.7. The minimum Gasteiger partial charge on any atom is -0.320 e. The predicted octanol–water partition coefficient (Wildman–Crippen LogP) is 0.714. The van der Waals surface area contributed by atoms with Gasteiger partial charge in [0.1, 0.15) is 6.33 Å². The monoisotopic (exact) mass is 259 g/mol. The van der Waals surface area contributed by atoms with Crippen molar-refractivity contribution in [1.82, 2.24) is 14.8 Å². The Bertz CT molecular complexity index is 537. The van der Waals surface area contributed by atoms with E-state index < -0.39 is 6.04 Å². The second-order valence-corrected chi connectivity index (χ2v) is 4.33. The Morgan fingerprint density at radius 1 is 1.42 bits per heavy atom. The molecule has 6 nitrogen and oxygen atoms in total. The van der Waals surface area contributed by atoms with Gasteiger partial charge in [0.05, 0.1) is 6.04 Å². The van der Waals surface area contributed by atoms with Crippen molar-refractivity contribution in [3.63, 3.8) is 0 Å². The smallest absolute Gasteiger partial charge is 0.243 e. The second-order valence-electron chi connectivity index (χ2n) is 4.33. The van der Waals surface area contributed by atoms with Gasteiger partial charge in [-0.3, -0.25) is 10.1 Å². The van der Waals surface area contributed by atoms with Crippen LogP contribution in [0.2, 0.25) is 0 Å². The maximum absolute atomic E-state index is 11.9. The van der Waals surface area contributed by atoms with E-state index >= 15 is 0 Å². The van der Waals surface area contributed by atoms with E-state index in [4.69, 9.17) is 5.73 Å².